The lowest BCUT2D eigenvalue weighted by molar-refractivity contribution is -0.117. The van der Waals surface area contributed by atoms with Gasteiger partial charge in [0.25, 0.3) is 0 Å². The van der Waals surface area contributed by atoms with Crippen LogP contribution in [0.2, 0.25) is 0 Å². The second-order valence-electron chi connectivity index (χ2n) is 6.41. The van der Waals surface area contributed by atoms with E-state index in [1.165, 1.54) is 0 Å². The third-order valence-corrected chi connectivity index (χ3v) is 4.53. The van der Waals surface area contributed by atoms with Crippen molar-refractivity contribution in [3.05, 3.63) is 71.4 Å². The molecular weight excluding hydrogens is 328 g/mol. The van der Waals surface area contributed by atoms with Crippen molar-refractivity contribution < 1.29 is 9.21 Å². The first-order valence-corrected chi connectivity index (χ1v) is 8.63. The minimum absolute atomic E-state index is 0.114. The van der Waals surface area contributed by atoms with Gasteiger partial charge in [-0.1, -0.05) is 30.3 Å². The van der Waals surface area contributed by atoms with Crippen molar-refractivity contribution in [1.29, 1.82) is 0 Å². The molecular formula is C20H24N4O2. The van der Waals surface area contributed by atoms with Crippen LogP contribution in [0, 0.1) is 13.8 Å². The highest BCUT2D eigenvalue weighted by molar-refractivity contribution is 5.95. The van der Waals surface area contributed by atoms with Crippen LogP contribution in [0.4, 0.5) is 5.69 Å². The molecule has 2 aromatic heterocycles. The molecule has 1 aromatic carbocycles. The lowest BCUT2D eigenvalue weighted by atomic mass is 10.0. The van der Waals surface area contributed by atoms with E-state index in [0.29, 0.717) is 0 Å². The van der Waals surface area contributed by atoms with Crippen molar-refractivity contribution in [2.75, 3.05) is 5.32 Å². The number of carbonyl (C=O) groups is 1. The van der Waals surface area contributed by atoms with Crippen LogP contribution in [0.5, 0.6) is 0 Å². The van der Waals surface area contributed by atoms with Crippen LogP contribution in [0.25, 0.3) is 0 Å². The molecule has 2 heterocycles. The van der Waals surface area contributed by atoms with E-state index in [4.69, 9.17) is 4.42 Å². The molecule has 2 atom stereocenters. The number of furan rings is 1. The van der Waals surface area contributed by atoms with Gasteiger partial charge in [-0.25, -0.2) is 0 Å². The Kier molecular flexibility index (Phi) is 5.23. The minimum atomic E-state index is -0.427. The summed E-state index contributed by atoms with van der Waals surface area (Å²) in [5.41, 5.74) is 3.53. The van der Waals surface area contributed by atoms with Crippen LogP contribution in [0.1, 0.15) is 35.7 Å². The van der Waals surface area contributed by atoms with E-state index in [1.54, 1.807) is 10.9 Å². The van der Waals surface area contributed by atoms with E-state index in [2.05, 4.69) is 15.7 Å². The number of nitrogens with one attached hydrogen (secondary N) is 2. The maximum Gasteiger partial charge on any atom is 0.241 e. The molecule has 0 aliphatic heterocycles. The van der Waals surface area contributed by atoms with E-state index in [9.17, 15) is 4.79 Å². The smallest absolute Gasteiger partial charge is 0.241 e. The number of rotatable bonds is 6. The number of hydrogen-bond donors (Lipinski definition) is 2. The van der Waals surface area contributed by atoms with Crippen molar-refractivity contribution >= 4 is 11.6 Å². The molecule has 0 fully saturated rings. The lowest BCUT2D eigenvalue weighted by Crippen LogP contribution is -2.40. The first-order valence-electron chi connectivity index (χ1n) is 8.63. The number of nitrogens with zero attached hydrogens (tertiary/aromatic N) is 2. The van der Waals surface area contributed by atoms with Gasteiger partial charge in [0.15, 0.2) is 0 Å². The largest absolute Gasteiger partial charge is 0.467 e. The van der Waals surface area contributed by atoms with Crippen molar-refractivity contribution in [3.8, 4) is 0 Å². The van der Waals surface area contributed by atoms with Gasteiger partial charge in [0.1, 0.15) is 5.76 Å². The first-order chi connectivity index (χ1) is 12.5. The monoisotopic (exact) mass is 352 g/mol. The summed E-state index contributed by atoms with van der Waals surface area (Å²) in [6.07, 6.45) is 1.64. The highest BCUT2D eigenvalue weighted by Crippen LogP contribution is 2.24. The molecule has 6 heteroatoms. The summed E-state index contributed by atoms with van der Waals surface area (Å²) in [6, 6.07) is 13.1. The standard InChI is InChI=1S/C20H24N4O2/c1-13-18(15(3)24(4)23-13)22-20(25)14(2)21-19(17-11-8-12-26-17)16-9-6-5-7-10-16/h5-12,14,19,21H,1-4H3,(H,22,25)/t14-,19-/m1/s1. The predicted molar refractivity (Wildman–Crippen MR) is 101 cm³/mol. The molecule has 0 unspecified atom stereocenters. The molecule has 0 radical (unpaired) electrons. The number of aryl methyl sites for hydroxylation is 2. The maximum atomic E-state index is 12.7. The Morgan fingerprint density at radius 2 is 1.88 bits per heavy atom. The third kappa shape index (κ3) is 3.70. The summed E-state index contributed by atoms with van der Waals surface area (Å²) < 4.78 is 7.35. The second kappa shape index (κ2) is 7.58. The molecule has 3 aromatic rings. The van der Waals surface area contributed by atoms with Gasteiger partial charge < -0.3 is 9.73 Å². The maximum absolute atomic E-state index is 12.7. The number of benzene rings is 1. The van der Waals surface area contributed by atoms with Gasteiger partial charge in [0.05, 0.1) is 35.4 Å². The summed E-state index contributed by atoms with van der Waals surface area (Å²) in [4.78, 5) is 12.7. The van der Waals surface area contributed by atoms with Gasteiger partial charge in [-0.3, -0.25) is 14.8 Å². The molecule has 6 nitrogen and oxygen atoms in total. The van der Waals surface area contributed by atoms with Crippen LogP contribution < -0.4 is 10.6 Å². The normalized spacial score (nSPS) is 13.4. The first kappa shape index (κ1) is 17.9. The zero-order chi connectivity index (χ0) is 18.7. The number of aromatic nitrogens is 2. The predicted octanol–water partition coefficient (Wildman–Crippen LogP) is 3.34. The summed E-state index contributed by atoms with van der Waals surface area (Å²) in [7, 11) is 1.86. The molecule has 0 bridgehead atoms. The SMILES string of the molecule is Cc1nn(C)c(C)c1NC(=O)[C@@H](C)N[C@H](c1ccccc1)c1ccco1. The fourth-order valence-electron chi connectivity index (χ4n) is 2.96. The molecule has 0 aliphatic rings. The fraction of sp³-hybridized carbons (Fsp3) is 0.300. The van der Waals surface area contributed by atoms with E-state index < -0.39 is 6.04 Å². The second-order valence-corrected chi connectivity index (χ2v) is 6.41. The van der Waals surface area contributed by atoms with Gasteiger partial charge >= 0.3 is 0 Å². The Bertz CT molecular complexity index is 869. The van der Waals surface area contributed by atoms with Crippen LogP contribution in [-0.4, -0.2) is 21.7 Å². The van der Waals surface area contributed by atoms with E-state index >= 15 is 0 Å². The van der Waals surface area contributed by atoms with Gasteiger partial charge in [0, 0.05) is 7.05 Å². The minimum Gasteiger partial charge on any atom is -0.467 e. The van der Waals surface area contributed by atoms with Crippen LogP contribution in [0.15, 0.2) is 53.1 Å². The van der Waals surface area contributed by atoms with Crippen LogP contribution >= 0.6 is 0 Å². The molecule has 0 saturated heterocycles. The molecule has 3 rings (SSSR count). The molecule has 0 saturated carbocycles. The van der Waals surface area contributed by atoms with Crippen molar-refractivity contribution in [2.24, 2.45) is 7.05 Å². The average Bonchev–Trinajstić information content (AvgIpc) is 3.25. The average molecular weight is 352 g/mol. The molecule has 136 valence electrons. The Morgan fingerprint density at radius 3 is 2.46 bits per heavy atom. The van der Waals surface area contributed by atoms with E-state index in [-0.39, 0.29) is 11.9 Å². The Hall–Kier alpha value is -2.86. The Morgan fingerprint density at radius 1 is 1.15 bits per heavy atom. The van der Waals surface area contributed by atoms with Crippen LogP contribution in [0.3, 0.4) is 0 Å². The highest BCUT2D eigenvalue weighted by atomic mass is 16.3. The highest BCUT2D eigenvalue weighted by Gasteiger charge is 2.23. The number of amides is 1. The molecule has 26 heavy (non-hydrogen) atoms. The fourth-order valence-corrected chi connectivity index (χ4v) is 2.96. The van der Waals surface area contributed by atoms with Crippen LogP contribution in [-0.2, 0) is 11.8 Å². The Labute approximate surface area is 153 Å². The van der Waals surface area contributed by atoms with Crippen molar-refractivity contribution in [1.82, 2.24) is 15.1 Å². The van der Waals surface area contributed by atoms with E-state index in [0.717, 1.165) is 28.4 Å². The molecule has 1 amide bonds. The third-order valence-electron chi connectivity index (χ3n) is 4.53. The van der Waals surface area contributed by atoms with Gasteiger partial charge in [-0.2, -0.15) is 5.10 Å². The van der Waals surface area contributed by atoms with E-state index in [1.807, 2.05) is 70.3 Å². The number of hydrogen-bond acceptors (Lipinski definition) is 4. The number of anilines is 1. The van der Waals surface area contributed by atoms with Crippen molar-refractivity contribution in [2.45, 2.75) is 32.9 Å². The zero-order valence-electron chi connectivity index (χ0n) is 15.5. The topological polar surface area (TPSA) is 72.1 Å². The van der Waals surface area contributed by atoms with Gasteiger partial charge in [-0.15, -0.1) is 0 Å². The van der Waals surface area contributed by atoms with Gasteiger partial charge in [0.2, 0.25) is 5.91 Å². The summed E-state index contributed by atoms with van der Waals surface area (Å²) in [5, 5.41) is 10.7. The van der Waals surface area contributed by atoms with Gasteiger partial charge in [-0.05, 0) is 38.5 Å². The lowest BCUT2D eigenvalue weighted by Gasteiger charge is -2.22. The summed E-state index contributed by atoms with van der Waals surface area (Å²) >= 11 is 0. The Balaban J connectivity index is 1.77. The molecule has 0 aliphatic carbocycles. The number of carbonyl (C=O) groups excluding carboxylic acids is 1. The molecule has 2 N–H and O–H groups in total. The quantitative estimate of drug-likeness (QED) is 0.714. The summed E-state index contributed by atoms with van der Waals surface area (Å²) in [6.45, 7) is 5.66. The molecule has 0 spiro atoms. The van der Waals surface area contributed by atoms with Crippen molar-refractivity contribution in [3.63, 3.8) is 0 Å². The zero-order valence-corrected chi connectivity index (χ0v) is 15.5. The summed E-state index contributed by atoms with van der Waals surface area (Å²) in [5.74, 6) is 0.654.